The Bertz CT molecular complexity index is 1310. The van der Waals surface area contributed by atoms with Crippen LogP contribution in [0.3, 0.4) is 0 Å². The Morgan fingerprint density at radius 3 is 2.37 bits per heavy atom. The molecule has 0 radical (unpaired) electrons. The van der Waals surface area contributed by atoms with Gasteiger partial charge in [-0.15, -0.1) is 0 Å². The summed E-state index contributed by atoms with van der Waals surface area (Å²) in [4.78, 5) is 17.9. The second kappa shape index (κ2) is 7.97. The minimum absolute atomic E-state index is 0.0227. The number of thioether (sulfide) groups is 1. The van der Waals surface area contributed by atoms with Crippen molar-refractivity contribution in [1.82, 2.24) is 9.97 Å². The van der Waals surface area contributed by atoms with Gasteiger partial charge in [0.1, 0.15) is 11.6 Å². The maximum atomic E-state index is 13.3. The third-order valence-electron chi connectivity index (χ3n) is 4.11. The van der Waals surface area contributed by atoms with Gasteiger partial charge in [0.2, 0.25) is 9.84 Å². The van der Waals surface area contributed by atoms with Crippen LogP contribution in [0.25, 0.3) is 11.3 Å². The molecule has 0 aliphatic rings. The fourth-order valence-corrected chi connectivity index (χ4v) is 4.54. The van der Waals surface area contributed by atoms with Crippen LogP contribution in [0.5, 0.6) is 0 Å². The quantitative estimate of drug-likeness (QED) is 0.477. The predicted molar refractivity (Wildman–Crippen MR) is 104 cm³/mol. The normalized spacial score (nSPS) is 11.8. The summed E-state index contributed by atoms with van der Waals surface area (Å²) >= 11 is 0.983. The van der Waals surface area contributed by atoms with E-state index in [-0.39, 0.29) is 10.1 Å². The monoisotopic (exact) mass is 451 g/mol. The van der Waals surface area contributed by atoms with Crippen LogP contribution in [0.4, 0.5) is 13.2 Å². The van der Waals surface area contributed by atoms with Crippen molar-refractivity contribution in [2.75, 3.05) is 6.26 Å². The fourth-order valence-electron chi connectivity index (χ4n) is 2.70. The highest BCUT2D eigenvalue weighted by Gasteiger charge is 2.34. The molecule has 11 heteroatoms. The Morgan fingerprint density at radius 2 is 1.80 bits per heavy atom. The highest BCUT2D eigenvalue weighted by molar-refractivity contribution is 7.98. The van der Waals surface area contributed by atoms with E-state index in [1.807, 2.05) is 0 Å². The largest absolute Gasteiger partial charge is 0.416 e. The minimum Gasteiger partial charge on any atom is -0.300 e. The van der Waals surface area contributed by atoms with Gasteiger partial charge in [-0.05, 0) is 36.6 Å². The summed E-state index contributed by atoms with van der Waals surface area (Å²) < 4.78 is 66.3. The predicted octanol–water partition coefficient (Wildman–Crippen LogP) is 3.88. The second-order valence-electron chi connectivity index (χ2n) is 5.94. The van der Waals surface area contributed by atoms with Gasteiger partial charge >= 0.3 is 6.18 Å². The van der Waals surface area contributed by atoms with Crippen molar-refractivity contribution in [3.8, 4) is 17.3 Å². The number of hydrogen-bond donors (Lipinski definition) is 1. The van der Waals surface area contributed by atoms with Gasteiger partial charge in [-0.2, -0.15) is 18.4 Å². The molecule has 3 aromatic rings. The number of nitrogens with one attached hydrogen (secondary N) is 1. The molecule has 1 aromatic heterocycles. The van der Waals surface area contributed by atoms with E-state index in [0.717, 1.165) is 17.8 Å². The number of H-pyrrole nitrogens is 1. The zero-order chi connectivity index (χ0) is 22.1. The van der Waals surface area contributed by atoms with E-state index in [0.29, 0.717) is 12.1 Å². The molecule has 0 unspecified atom stereocenters. The fraction of sp³-hybridized carbons (Fsp3) is 0.105. The van der Waals surface area contributed by atoms with E-state index in [9.17, 15) is 31.6 Å². The van der Waals surface area contributed by atoms with Gasteiger partial charge in [0.25, 0.3) is 5.56 Å². The van der Waals surface area contributed by atoms with Crippen molar-refractivity contribution in [2.24, 2.45) is 0 Å². The molecule has 0 bridgehead atoms. The summed E-state index contributed by atoms with van der Waals surface area (Å²) in [5, 5.41) is 9.40. The maximum Gasteiger partial charge on any atom is 0.416 e. The highest BCUT2D eigenvalue weighted by atomic mass is 32.2. The zero-order valence-electron chi connectivity index (χ0n) is 15.2. The number of hydrogen-bond acceptors (Lipinski definition) is 6. The van der Waals surface area contributed by atoms with Gasteiger partial charge in [0, 0.05) is 5.56 Å². The lowest BCUT2D eigenvalue weighted by Gasteiger charge is -2.15. The van der Waals surface area contributed by atoms with Crippen LogP contribution in [-0.2, 0) is 16.0 Å². The lowest BCUT2D eigenvalue weighted by atomic mass is 10.0. The van der Waals surface area contributed by atoms with E-state index in [1.165, 1.54) is 24.3 Å². The van der Waals surface area contributed by atoms with E-state index in [2.05, 4.69) is 9.97 Å². The number of rotatable bonds is 4. The van der Waals surface area contributed by atoms with Crippen molar-refractivity contribution in [2.45, 2.75) is 21.1 Å². The Kier molecular flexibility index (Phi) is 5.74. The molecule has 6 nitrogen and oxygen atoms in total. The lowest BCUT2D eigenvalue weighted by Crippen LogP contribution is -2.16. The van der Waals surface area contributed by atoms with Gasteiger partial charge in [0.15, 0.2) is 5.16 Å². The molecule has 2 aromatic carbocycles. The summed E-state index contributed by atoms with van der Waals surface area (Å²) in [6.45, 7) is 0. The molecule has 30 heavy (non-hydrogen) atoms. The first-order chi connectivity index (χ1) is 14.1. The third-order valence-corrected chi connectivity index (χ3v) is 6.52. The van der Waals surface area contributed by atoms with Crippen molar-refractivity contribution in [3.63, 3.8) is 0 Å². The van der Waals surface area contributed by atoms with Gasteiger partial charge < -0.3 is 4.98 Å². The molecule has 0 aliphatic heterocycles. The zero-order valence-corrected chi connectivity index (χ0v) is 16.8. The summed E-state index contributed by atoms with van der Waals surface area (Å²) in [6, 6.07) is 10.7. The van der Waals surface area contributed by atoms with Crippen LogP contribution in [0.1, 0.15) is 11.1 Å². The van der Waals surface area contributed by atoms with E-state index >= 15 is 0 Å². The number of aromatic nitrogens is 2. The van der Waals surface area contributed by atoms with Crippen molar-refractivity contribution < 1.29 is 21.6 Å². The topological polar surface area (TPSA) is 104 Å². The molecule has 0 saturated heterocycles. The molecule has 3 rings (SSSR count). The van der Waals surface area contributed by atoms with Crippen molar-refractivity contribution in [3.05, 3.63) is 70.0 Å². The number of sulfone groups is 1. The molecular formula is C19H12F3N3O3S2. The number of benzene rings is 2. The van der Waals surface area contributed by atoms with E-state index < -0.39 is 48.9 Å². The van der Waals surface area contributed by atoms with Gasteiger partial charge in [-0.1, -0.05) is 30.0 Å². The second-order valence-corrected chi connectivity index (χ2v) is 8.65. The van der Waals surface area contributed by atoms with Crippen LogP contribution in [0.2, 0.25) is 0 Å². The van der Waals surface area contributed by atoms with E-state index in [4.69, 9.17) is 0 Å². The van der Waals surface area contributed by atoms with Gasteiger partial charge in [0.05, 0.1) is 21.0 Å². The van der Waals surface area contributed by atoms with Crippen molar-refractivity contribution >= 4 is 21.6 Å². The maximum absolute atomic E-state index is 13.3. The van der Waals surface area contributed by atoms with Crippen LogP contribution >= 0.6 is 11.8 Å². The molecular weight excluding hydrogens is 439 g/mol. The Morgan fingerprint density at radius 1 is 1.13 bits per heavy atom. The first-order valence-corrected chi connectivity index (χ1v) is 10.9. The number of halogens is 3. The number of alkyl halides is 3. The summed E-state index contributed by atoms with van der Waals surface area (Å²) in [7, 11) is -4.27. The lowest BCUT2D eigenvalue weighted by molar-refractivity contribution is -0.137. The van der Waals surface area contributed by atoms with Crippen LogP contribution in [0, 0.1) is 11.3 Å². The molecule has 0 aliphatic carbocycles. The average Bonchev–Trinajstić information content (AvgIpc) is 2.72. The Hall–Kier alpha value is -3.10. The Balaban J connectivity index is 2.43. The molecule has 0 atom stereocenters. The minimum atomic E-state index is -4.78. The van der Waals surface area contributed by atoms with Gasteiger partial charge in [-0.25, -0.2) is 13.4 Å². The molecule has 1 N–H and O–H groups in total. The standard InChI is InChI=1S/C19H12F3N3O3S2/c1-29-18-24-16(14(10-23)17(26)25-18)13-9-11(19(20,21)22)7-8-15(13)30(27,28)12-5-3-2-4-6-12/h2-9H,1H3,(H,24,25,26). The molecule has 0 spiro atoms. The number of aromatic amines is 1. The molecule has 0 amide bonds. The first kappa shape index (κ1) is 21.6. The summed E-state index contributed by atoms with van der Waals surface area (Å²) in [5.41, 5.74) is -3.53. The van der Waals surface area contributed by atoms with Crippen LogP contribution < -0.4 is 5.56 Å². The van der Waals surface area contributed by atoms with Gasteiger partial charge in [-0.3, -0.25) is 4.79 Å². The number of nitrogens with zero attached hydrogens (tertiary/aromatic N) is 2. The molecule has 0 saturated carbocycles. The first-order valence-electron chi connectivity index (χ1n) is 8.19. The summed E-state index contributed by atoms with van der Waals surface area (Å²) in [5.74, 6) is 0. The van der Waals surface area contributed by atoms with Crippen LogP contribution in [-0.4, -0.2) is 24.6 Å². The highest BCUT2D eigenvalue weighted by Crippen LogP contribution is 2.37. The van der Waals surface area contributed by atoms with Crippen molar-refractivity contribution in [1.29, 1.82) is 5.26 Å². The third kappa shape index (κ3) is 3.96. The summed E-state index contributed by atoms with van der Waals surface area (Å²) in [6.07, 6.45) is -3.22. The SMILES string of the molecule is CSc1nc(-c2cc(C(F)(F)F)ccc2S(=O)(=O)c2ccccc2)c(C#N)c(=O)[nH]1. The van der Waals surface area contributed by atoms with E-state index in [1.54, 1.807) is 18.4 Å². The molecule has 1 heterocycles. The average molecular weight is 451 g/mol. The van der Waals surface area contributed by atoms with Crippen LogP contribution in [0.15, 0.2) is 68.3 Å². The molecule has 154 valence electrons. The molecule has 0 fully saturated rings. The number of nitriles is 1. The Labute approximate surface area is 173 Å². The smallest absolute Gasteiger partial charge is 0.300 e.